The average molecular weight is 495 g/mol. The van der Waals surface area contributed by atoms with Gasteiger partial charge in [-0.3, -0.25) is 9.05 Å². The summed E-state index contributed by atoms with van der Waals surface area (Å²) < 4.78 is 37.6. The Morgan fingerprint density at radius 1 is 0.758 bits per heavy atom. The second-order valence-corrected chi connectivity index (χ2v) is 10.7. The van der Waals surface area contributed by atoms with E-state index in [1.165, 1.54) is 96.3 Å². The Balaban J connectivity index is 1.74. The number of hydrogen-bond acceptors (Lipinski definition) is 6. The summed E-state index contributed by atoms with van der Waals surface area (Å²) in [7, 11) is -4.10. The molecule has 0 bridgehead atoms. The van der Waals surface area contributed by atoms with Gasteiger partial charge >= 0.3 is 7.82 Å². The van der Waals surface area contributed by atoms with Crippen molar-refractivity contribution in [1.82, 2.24) is 0 Å². The minimum atomic E-state index is -4.10. The Kier molecular flexibility index (Phi) is 20.0. The van der Waals surface area contributed by atoms with Crippen LogP contribution in [-0.4, -0.2) is 50.3 Å². The van der Waals surface area contributed by atoms with Gasteiger partial charge in [-0.25, -0.2) is 4.57 Å². The predicted octanol–water partition coefficient (Wildman–Crippen LogP) is 7.16. The van der Waals surface area contributed by atoms with Crippen molar-refractivity contribution < 1.29 is 32.7 Å². The number of ether oxygens (including phenoxy) is 3. The Morgan fingerprint density at radius 2 is 1.27 bits per heavy atom. The molecule has 0 saturated carbocycles. The van der Waals surface area contributed by atoms with Crippen LogP contribution in [0, 0.1) is 0 Å². The standard InChI is InChI=1S/C25H51O7P/c1-3-4-5-6-7-8-9-10-11-12-13-14-15-16-17-18-19-28-20-21-30-33(26,27)31-23-25-29-22-24(2)32-25/h24-25H,3-23H2,1-2H3,(H,26,27)/t24-,25+/m1/s1. The zero-order valence-electron chi connectivity index (χ0n) is 21.3. The molecule has 33 heavy (non-hydrogen) atoms. The lowest BCUT2D eigenvalue weighted by molar-refractivity contribution is -0.0852. The van der Waals surface area contributed by atoms with Crippen molar-refractivity contribution in [2.45, 2.75) is 129 Å². The molecule has 1 unspecified atom stereocenters. The van der Waals surface area contributed by atoms with E-state index in [0.29, 0.717) is 13.2 Å². The third kappa shape index (κ3) is 19.9. The minimum Gasteiger partial charge on any atom is -0.379 e. The Bertz CT molecular complexity index is 478. The summed E-state index contributed by atoms with van der Waals surface area (Å²) in [6.45, 7) is 5.42. The van der Waals surface area contributed by atoms with E-state index in [2.05, 4.69) is 6.92 Å². The fraction of sp³-hybridized carbons (Fsp3) is 1.00. The minimum absolute atomic E-state index is 0.0232. The molecule has 1 heterocycles. The molecule has 0 aromatic rings. The van der Waals surface area contributed by atoms with Crippen molar-refractivity contribution >= 4 is 7.82 Å². The van der Waals surface area contributed by atoms with Crippen LogP contribution in [0.4, 0.5) is 0 Å². The molecular formula is C25H51O7P. The van der Waals surface area contributed by atoms with Gasteiger partial charge in [-0.15, -0.1) is 0 Å². The molecule has 1 saturated heterocycles. The zero-order chi connectivity index (χ0) is 24.0. The maximum Gasteiger partial charge on any atom is 0.472 e. The highest BCUT2D eigenvalue weighted by Crippen LogP contribution is 2.43. The van der Waals surface area contributed by atoms with Crippen molar-refractivity contribution in [3.05, 3.63) is 0 Å². The highest BCUT2D eigenvalue weighted by molar-refractivity contribution is 7.47. The molecule has 8 heteroatoms. The molecule has 0 amide bonds. The average Bonchev–Trinajstić information content (AvgIpc) is 3.21. The summed E-state index contributed by atoms with van der Waals surface area (Å²) in [4.78, 5) is 9.64. The lowest BCUT2D eigenvalue weighted by Crippen LogP contribution is -2.17. The van der Waals surface area contributed by atoms with Crippen LogP contribution in [0.25, 0.3) is 0 Å². The molecule has 0 aliphatic carbocycles. The topological polar surface area (TPSA) is 83.5 Å². The van der Waals surface area contributed by atoms with Gasteiger partial charge in [-0.2, -0.15) is 0 Å². The molecule has 0 spiro atoms. The first kappa shape index (κ1) is 31.0. The first-order chi connectivity index (χ1) is 16.0. The summed E-state index contributed by atoms with van der Waals surface area (Å²) in [5.41, 5.74) is 0. The molecule has 0 aromatic carbocycles. The van der Waals surface area contributed by atoms with Gasteiger partial charge in [0.1, 0.15) is 6.61 Å². The lowest BCUT2D eigenvalue weighted by atomic mass is 10.0. The zero-order valence-corrected chi connectivity index (χ0v) is 22.2. The molecule has 3 atom stereocenters. The first-order valence-electron chi connectivity index (χ1n) is 13.5. The molecule has 1 N–H and O–H groups in total. The molecule has 1 fully saturated rings. The van der Waals surface area contributed by atoms with E-state index in [4.69, 9.17) is 23.3 Å². The van der Waals surface area contributed by atoms with Gasteiger partial charge in [0.2, 0.25) is 0 Å². The van der Waals surface area contributed by atoms with Crippen LogP contribution in [-0.2, 0) is 27.8 Å². The van der Waals surface area contributed by atoms with Crippen molar-refractivity contribution in [2.75, 3.05) is 33.0 Å². The van der Waals surface area contributed by atoms with Crippen LogP contribution in [0.1, 0.15) is 117 Å². The second-order valence-electron chi connectivity index (χ2n) is 9.22. The lowest BCUT2D eigenvalue weighted by Gasteiger charge is -2.15. The first-order valence-corrected chi connectivity index (χ1v) is 15.0. The summed E-state index contributed by atoms with van der Waals surface area (Å²) in [5.74, 6) is 0. The van der Waals surface area contributed by atoms with Crippen LogP contribution in [0.15, 0.2) is 0 Å². The van der Waals surface area contributed by atoms with E-state index in [-0.39, 0.29) is 25.9 Å². The van der Waals surface area contributed by atoms with E-state index in [9.17, 15) is 9.46 Å². The molecule has 1 aliphatic rings. The largest absolute Gasteiger partial charge is 0.472 e. The summed E-state index contributed by atoms with van der Waals surface area (Å²) in [5, 5.41) is 0. The summed E-state index contributed by atoms with van der Waals surface area (Å²) in [6.07, 6.45) is 20.9. The van der Waals surface area contributed by atoms with E-state index in [0.717, 1.165) is 6.42 Å². The predicted molar refractivity (Wildman–Crippen MR) is 132 cm³/mol. The highest BCUT2D eigenvalue weighted by Gasteiger charge is 2.28. The van der Waals surface area contributed by atoms with Crippen molar-refractivity contribution in [1.29, 1.82) is 0 Å². The third-order valence-corrected chi connectivity index (χ3v) is 6.88. The second kappa shape index (κ2) is 21.3. The fourth-order valence-corrected chi connectivity index (χ4v) is 4.62. The number of phosphoric ester groups is 1. The van der Waals surface area contributed by atoms with Crippen molar-refractivity contribution in [3.63, 3.8) is 0 Å². The molecule has 1 aliphatic heterocycles. The van der Waals surface area contributed by atoms with E-state index >= 15 is 0 Å². The van der Waals surface area contributed by atoms with Gasteiger partial charge in [0.25, 0.3) is 0 Å². The normalized spacial score (nSPS) is 20.3. The quantitative estimate of drug-likeness (QED) is 0.113. The Hall–Kier alpha value is -0.0100. The van der Waals surface area contributed by atoms with Crippen LogP contribution >= 0.6 is 7.82 Å². The van der Waals surface area contributed by atoms with Gasteiger partial charge in [0, 0.05) is 6.61 Å². The maximum atomic E-state index is 11.8. The molecule has 1 rings (SSSR count). The van der Waals surface area contributed by atoms with E-state index in [1.807, 2.05) is 6.92 Å². The van der Waals surface area contributed by atoms with E-state index in [1.54, 1.807) is 0 Å². The SMILES string of the molecule is CCCCCCCCCCCCCCCCCCOCCOP(=O)(O)OC[C@H]1OC[C@@H](C)O1. The third-order valence-electron chi connectivity index (χ3n) is 5.90. The van der Waals surface area contributed by atoms with Gasteiger partial charge in [-0.1, -0.05) is 103 Å². The van der Waals surface area contributed by atoms with Crippen LogP contribution in [0.3, 0.4) is 0 Å². The molecule has 7 nitrogen and oxygen atoms in total. The van der Waals surface area contributed by atoms with Gasteiger partial charge in [0.15, 0.2) is 6.29 Å². The number of unbranched alkanes of at least 4 members (excludes halogenated alkanes) is 15. The van der Waals surface area contributed by atoms with Crippen molar-refractivity contribution in [2.24, 2.45) is 0 Å². The van der Waals surface area contributed by atoms with Gasteiger partial charge in [-0.05, 0) is 13.3 Å². The maximum absolute atomic E-state index is 11.8. The van der Waals surface area contributed by atoms with Crippen LogP contribution in [0.2, 0.25) is 0 Å². The fourth-order valence-electron chi connectivity index (χ4n) is 3.93. The highest BCUT2D eigenvalue weighted by atomic mass is 31.2. The smallest absolute Gasteiger partial charge is 0.379 e. The Labute approximate surface area is 202 Å². The van der Waals surface area contributed by atoms with Crippen LogP contribution in [0.5, 0.6) is 0 Å². The van der Waals surface area contributed by atoms with Gasteiger partial charge < -0.3 is 19.1 Å². The van der Waals surface area contributed by atoms with E-state index < -0.39 is 14.1 Å². The number of rotatable bonds is 24. The number of hydrogen-bond donors (Lipinski definition) is 1. The number of phosphoric acid groups is 1. The molecule has 0 aromatic heterocycles. The summed E-state index contributed by atoms with van der Waals surface area (Å²) in [6, 6.07) is 0. The summed E-state index contributed by atoms with van der Waals surface area (Å²) >= 11 is 0. The van der Waals surface area contributed by atoms with Crippen molar-refractivity contribution in [3.8, 4) is 0 Å². The molecule has 198 valence electrons. The van der Waals surface area contributed by atoms with Gasteiger partial charge in [0.05, 0.1) is 25.9 Å². The monoisotopic (exact) mass is 494 g/mol. The van der Waals surface area contributed by atoms with Crippen LogP contribution < -0.4 is 0 Å². The Morgan fingerprint density at radius 3 is 1.76 bits per heavy atom. The molecular weight excluding hydrogens is 443 g/mol. The molecule has 0 radical (unpaired) electrons.